The molecule has 3 aromatic rings. The van der Waals surface area contributed by atoms with Crippen LogP contribution < -0.4 is 16.2 Å². The number of nitrogens with one attached hydrogen (secondary N) is 1. The van der Waals surface area contributed by atoms with Crippen LogP contribution >= 0.6 is 46.4 Å². The monoisotopic (exact) mass is 586 g/mol. The van der Waals surface area contributed by atoms with Gasteiger partial charge in [-0.15, -0.1) is 0 Å². The van der Waals surface area contributed by atoms with Gasteiger partial charge in [-0.25, -0.2) is 0 Å². The molecule has 0 spiro atoms. The van der Waals surface area contributed by atoms with E-state index < -0.39 is 46.3 Å². The maximum atomic E-state index is 12.6. The van der Waals surface area contributed by atoms with Crippen LogP contribution in [0.2, 0.25) is 20.1 Å². The van der Waals surface area contributed by atoms with E-state index in [2.05, 4.69) is 11.1 Å². The minimum absolute atomic E-state index is 0.0393. The zero-order valence-electron chi connectivity index (χ0n) is 19.9. The van der Waals surface area contributed by atoms with Crippen molar-refractivity contribution in [2.24, 2.45) is 0 Å². The largest absolute Gasteiger partial charge is 0.545 e. The standard InChI is InChI=1S/C17H13Cl4NO4.C9H13NO/c1-7(15(23)8-5-3-2-4-6-8)22-16(24)9-10(17(25)26)12(19)14(21)13(20)11(9)18;1-7(10)9(11)8-5-3-2-4-6-8/h2-7,15,23H,1H3,(H,22,24)(H,25,26);2-7,9,11H,10H2,1H3. The second-order valence-corrected chi connectivity index (χ2v) is 9.76. The molecule has 1 amide bonds. The van der Waals surface area contributed by atoms with Gasteiger partial charge in [0.2, 0.25) is 0 Å². The van der Waals surface area contributed by atoms with Gasteiger partial charge in [0.25, 0.3) is 5.91 Å². The predicted molar refractivity (Wildman–Crippen MR) is 143 cm³/mol. The Hall–Kier alpha value is -2.36. The van der Waals surface area contributed by atoms with Gasteiger partial charge in [0.1, 0.15) is 12.1 Å². The van der Waals surface area contributed by atoms with Crippen molar-refractivity contribution in [3.05, 3.63) is 103 Å². The molecule has 0 aliphatic carbocycles. The highest BCUT2D eigenvalue weighted by Crippen LogP contribution is 2.41. The Kier molecular flexibility index (Phi) is 11.7. The van der Waals surface area contributed by atoms with Gasteiger partial charge in [-0.3, -0.25) is 4.79 Å². The van der Waals surface area contributed by atoms with E-state index in [1.54, 1.807) is 37.3 Å². The van der Waals surface area contributed by atoms with Crippen LogP contribution in [0.5, 0.6) is 0 Å². The number of carboxylic acids is 1. The first-order valence-corrected chi connectivity index (χ1v) is 12.6. The molecule has 3 rings (SSSR count). The van der Waals surface area contributed by atoms with E-state index in [1.165, 1.54) is 0 Å². The summed E-state index contributed by atoms with van der Waals surface area (Å²) >= 11 is 23.6. The van der Waals surface area contributed by atoms with E-state index in [1.807, 2.05) is 37.3 Å². The summed E-state index contributed by atoms with van der Waals surface area (Å²) in [6.07, 6.45) is -1.47. The average Bonchev–Trinajstić information content (AvgIpc) is 2.89. The van der Waals surface area contributed by atoms with Gasteiger partial charge < -0.3 is 31.2 Å². The summed E-state index contributed by atoms with van der Waals surface area (Å²) < 4.78 is 0. The number of aromatic carboxylic acids is 1. The Balaban J connectivity index is 0.000000364. The molecule has 37 heavy (non-hydrogen) atoms. The molecule has 0 radical (unpaired) electrons. The molecule has 0 aromatic heterocycles. The van der Waals surface area contributed by atoms with E-state index in [-0.39, 0.29) is 21.1 Å². The van der Waals surface area contributed by atoms with E-state index >= 15 is 0 Å². The Morgan fingerprint density at radius 1 is 0.757 bits per heavy atom. The molecule has 4 unspecified atom stereocenters. The molecule has 0 fully saturated rings. The van der Waals surface area contributed by atoms with Crippen molar-refractivity contribution < 1.29 is 30.6 Å². The number of halogens is 4. The first-order valence-electron chi connectivity index (χ1n) is 11.1. The van der Waals surface area contributed by atoms with Crippen molar-refractivity contribution >= 4 is 58.3 Å². The van der Waals surface area contributed by atoms with Crippen molar-refractivity contribution in [1.82, 2.24) is 5.32 Å². The number of hydrogen-bond acceptors (Lipinski definition) is 5. The van der Waals surface area contributed by atoms with Crippen LogP contribution in [-0.2, 0) is 0 Å². The molecule has 0 heterocycles. The Morgan fingerprint density at radius 2 is 1.16 bits per heavy atom. The molecule has 7 nitrogen and oxygen atoms in total. The molecule has 6 N–H and O–H groups in total. The molecule has 4 atom stereocenters. The third-order valence-corrected chi connectivity index (χ3v) is 7.15. The van der Waals surface area contributed by atoms with E-state index in [4.69, 9.17) is 46.4 Å². The topological polar surface area (TPSA) is 137 Å². The average molecular weight is 588 g/mol. The number of aliphatic hydroxyl groups excluding tert-OH is 2. The van der Waals surface area contributed by atoms with Crippen LogP contribution in [0, 0.1) is 0 Å². The summed E-state index contributed by atoms with van der Waals surface area (Å²) in [4.78, 5) is 24.0. The van der Waals surface area contributed by atoms with Crippen molar-refractivity contribution in [1.29, 1.82) is 0 Å². The SMILES string of the molecule is CC(NC(=O)c1c(Cl)c(Cl)c(Cl)c(Cl)c1C(=O)[O-])C(O)c1ccccc1.CC([NH3+])C(O)c1ccccc1. The minimum Gasteiger partial charge on any atom is -0.545 e. The molecule has 198 valence electrons. The lowest BCUT2D eigenvalue weighted by Gasteiger charge is -2.23. The number of carboxylic acid groups (broad SMARTS) is 1. The first-order chi connectivity index (χ1) is 17.4. The Morgan fingerprint density at radius 3 is 1.57 bits per heavy atom. The predicted octanol–water partition coefficient (Wildman–Crippen LogP) is 3.87. The van der Waals surface area contributed by atoms with Gasteiger partial charge in [0.15, 0.2) is 0 Å². The third kappa shape index (κ3) is 7.82. The van der Waals surface area contributed by atoms with Gasteiger partial charge in [-0.1, -0.05) is 107 Å². The molecule has 0 saturated heterocycles. The van der Waals surface area contributed by atoms with Crippen LogP contribution in [0.1, 0.15) is 57.9 Å². The van der Waals surface area contributed by atoms with Crippen molar-refractivity contribution in [2.75, 3.05) is 0 Å². The molecular weight excluding hydrogens is 562 g/mol. The third-order valence-electron chi connectivity index (χ3n) is 5.35. The Labute approximate surface area is 234 Å². The molecule has 11 heteroatoms. The molecule has 0 saturated carbocycles. The number of quaternary nitrogens is 1. The second kappa shape index (κ2) is 14.0. The lowest BCUT2D eigenvalue weighted by molar-refractivity contribution is -0.433. The fourth-order valence-corrected chi connectivity index (χ4v) is 4.33. The smallest absolute Gasteiger partial charge is 0.253 e. The number of hydrogen-bond donors (Lipinski definition) is 4. The minimum atomic E-state index is -1.74. The number of carbonyl (C=O) groups is 2. The van der Waals surface area contributed by atoms with Crippen LogP contribution in [-0.4, -0.2) is 34.2 Å². The maximum Gasteiger partial charge on any atom is 0.253 e. The number of benzene rings is 3. The molecular formula is C26H26Cl4N2O5. The highest BCUT2D eigenvalue weighted by atomic mass is 35.5. The Bertz CT molecular complexity index is 1230. The van der Waals surface area contributed by atoms with E-state index in [0.717, 1.165) is 5.56 Å². The quantitative estimate of drug-likeness (QED) is 0.246. The van der Waals surface area contributed by atoms with Crippen LogP contribution in [0.25, 0.3) is 0 Å². The zero-order valence-corrected chi connectivity index (χ0v) is 22.9. The van der Waals surface area contributed by atoms with E-state index in [9.17, 15) is 24.9 Å². The van der Waals surface area contributed by atoms with Crippen molar-refractivity contribution in [2.45, 2.75) is 38.1 Å². The summed E-state index contributed by atoms with van der Waals surface area (Å²) in [6.45, 7) is 3.44. The molecule has 3 aromatic carbocycles. The maximum absolute atomic E-state index is 12.6. The lowest BCUT2D eigenvalue weighted by atomic mass is 10.0. The zero-order chi connectivity index (χ0) is 27.9. The fourth-order valence-electron chi connectivity index (χ4n) is 3.31. The summed E-state index contributed by atoms with van der Waals surface area (Å²) in [6, 6.07) is 17.5. The molecule has 0 aliphatic heterocycles. The normalized spacial score (nSPS) is 14.0. The number of aliphatic hydroxyl groups is 2. The highest BCUT2D eigenvalue weighted by molar-refractivity contribution is 6.54. The van der Waals surface area contributed by atoms with Crippen LogP contribution in [0.15, 0.2) is 60.7 Å². The van der Waals surface area contributed by atoms with Crippen LogP contribution in [0.4, 0.5) is 0 Å². The molecule has 0 aliphatic rings. The summed E-state index contributed by atoms with van der Waals surface area (Å²) in [5.41, 5.74) is 4.11. The van der Waals surface area contributed by atoms with Gasteiger partial charge in [-0.2, -0.15) is 0 Å². The van der Waals surface area contributed by atoms with E-state index in [0.29, 0.717) is 5.56 Å². The lowest BCUT2D eigenvalue weighted by Crippen LogP contribution is -2.61. The second-order valence-electron chi connectivity index (χ2n) is 8.24. The van der Waals surface area contributed by atoms with Gasteiger partial charge in [0, 0.05) is 5.56 Å². The van der Waals surface area contributed by atoms with Gasteiger partial charge in [0.05, 0.1) is 43.8 Å². The van der Waals surface area contributed by atoms with Gasteiger partial charge in [-0.05, 0) is 25.0 Å². The summed E-state index contributed by atoms with van der Waals surface area (Å²) in [5.74, 6) is -2.63. The van der Waals surface area contributed by atoms with Crippen LogP contribution in [0.3, 0.4) is 0 Å². The van der Waals surface area contributed by atoms with Crippen molar-refractivity contribution in [3.63, 3.8) is 0 Å². The van der Waals surface area contributed by atoms with Gasteiger partial charge >= 0.3 is 0 Å². The first kappa shape index (κ1) is 30.9. The highest BCUT2D eigenvalue weighted by Gasteiger charge is 2.28. The number of amides is 1. The molecule has 0 bridgehead atoms. The fraction of sp³-hybridized carbons (Fsp3) is 0.231. The summed E-state index contributed by atoms with van der Waals surface area (Å²) in [7, 11) is 0. The van der Waals surface area contributed by atoms with Crippen molar-refractivity contribution in [3.8, 4) is 0 Å². The summed E-state index contributed by atoms with van der Waals surface area (Å²) in [5, 5.41) is 32.4. The number of carbonyl (C=O) groups excluding carboxylic acids is 2. The number of rotatable bonds is 7.